The van der Waals surface area contributed by atoms with Gasteiger partial charge in [-0.05, 0) is 24.3 Å². The van der Waals surface area contributed by atoms with Gasteiger partial charge in [0.05, 0.1) is 0 Å². The number of hydrogen-bond donors (Lipinski definition) is 0. The maximum atomic E-state index is 11.8. The zero-order valence-electron chi connectivity index (χ0n) is 10.4. The third-order valence-corrected chi connectivity index (χ3v) is 3.28. The van der Waals surface area contributed by atoms with Crippen molar-refractivity contribution in [3.05, 3.63) is 35.4 Å². The summed E-state index contributed by atoms with van der Waals surface area (Å²) in [5.74, 6) is 0.956. The van der Waals surface area contributed by atoms with Crippen LogP contribution in [-0.2, 0) is 11.2 Å². The number of carbonyl (C=O) groups excluding carboxylic acids is 1. The number of ether oxygens (including phenoxy) is 1. The van der Waals surface area contributed by atoms with E-state index < -0.39 is 0 Å². The van der Waals surface area contributed by atoms with E-state index in [1.54, 1.807) is 0 Å². The van der Waals surface area contributed by atoms with Crippen molar-refractivity contribution in [3.63, 3.8) is 0 Å². The molecular formula is C15H20O2. The van der Waals surface area contributed by atoms with Crippen molar-refractivity contribution in [3.8, 4) is 0 Å². The van der Waals surface area contributed by atoms with Crippen LogP contribution in [0.2, 0.25) is 0 Å². The molecule has 0 N–H and O–H groups in total. The maximum Gasteiger partial charge on any atom is 0.188 e. The van der Waals surface area contributed by atoms with Crippen LogP contribution >= 0.6 is 0 Å². The summed E-state index contributed by atoms with van der Waals surface area (Å²) in [6, 6.07) is 7.81. The van der Waals surface area contributed by atoms with Crippen molar-refractivity contribution < 1.29 is 9.53 Å². The Morgan fingerprint density at radius 3 is 2.59 bits per heavy atom. The van der Waals surface area contributed by atoms with Crippen LogP contribution in [0.3, 0.4) is 0 Å². The van der Waals surface area contributed by atoms with E-state index >= 15 is 0 Å². The molecule has 0 aliphatic heterocycles. The van der Waals surface area contributed by atoms with Crippen LogP contribution in [0.4, 0.5) is 0 Å². The zero-order chi connectivity index (χ0) is 12.1. The average Bonchev–Trinajstić information content (AvgIpc) is 3.18. The van der Waals surface area contributed by atoms with Gasteiger partial charge in [0.2, 0.25) is 0 Å². The third kappa shape index (κ3) is 3.97. The molecule has 2 heteroatoms. The molecule has 17 heavy (non-hydrogen) atoms. The Morgan fingerprint density at radius 2 is 2.00 bits per heavy atom. The van der Waals surface area contributed by atoms with E-state index in [-0.39, 0.29) is 12.4 Å². The predicted octanol–water partition coefficient (Wildman–Crippen LogP) is 3.25. The first-order valence-corrected chi connectivity index (χ1v) is 6.49. The molecule has 92 valence electrons. The molecule has 0 atom stereocenters. The molecule has 0 radical (unpaired) electrons. The van der Waals surface area contributed by atoms with E-state index in [1.807, 2.05) is 24.3 Å². The minimum absolute atomic E-state index is 0.0865. The van der Waals surface area contributed by atoms with Crippen LogP contribution in [0.5, 0.6) is 0 Å². The summed E-state index contributed by atoms with van der Waals surface area (Å²) in [4.78, 5) is 11.8. The van der Waals surface area contributed by atoms with Gasteiger partial charge < -0.3 is 4.74 Å². The highest BCUT2D eigenvalue weighted by Crippen LogP contribution is 2.32. The summed E-state index contributed by atoms with van der Waals surface area (Å²) in [6.45, 7) is 3.06. The van der Waals surface area contributed by atoms with Crippen molar-refractivity contribution in [2.24, 2.45) is 5.92 Å². The number of rotatable bonds is 7. The molecule has 1 saturated carbocycles. The lowest BCUT2D eigenvalue weighted by molar-refractivity contribution is 0.0748. The van der Waals surface area contributed by atoms with Gasteiger partial charge in [0, 0.05) is 12.2 Å². The first-order chi connectivity index (χ1) is 8.29. The van der Waals surface area contributed by atoms with E-state index in [4.69, 9.17) is 4.74 Å². The highest BCUT2D eigenvalue weighted by Gasteiger charge is 2.20. The predicted molar refractivity (Wildman–Crippen MR) is 68.3 cm³/mol. The van der Waals surface area contributed by atoms with Crippen LogP contribution in [0.25, 0.3) is 0 Å². The number of benzene rings is 1. The highest BCUT2D eigenvalue weighted by molar-refractivity contribution is 5.97. The van der Waals surface area contributed by atoms with Gasteiger partial charge in [-0.2, -0.15) is 0 Å². The Balaban J connectivity index is 1.73. The van der Waals surface area contributed by atoms with Crippen molar-refractivity contribution in [1.29, 1.82) is 0 Å². The van der Waals surface area contributed by atoms with E-state index in [9.17, 15) is 4.79 Å². The third-order valence-electron chi connectivity index (χ3n) is 3.28. The maximum absolute atomic E-state index is 11.8. The van der Waals surface area contributed by atoms with Gasteiger partial charge in [0.25, 0.3) is 0 Å². The molecule has 2 nitrogen and oxygen atoms in total. The standard InChI is InChI=1S/C15H20O2/c1-2-12-5-7-14(8-6-12)15(16)11-17-10-9-13-3-4-13/h5-8,13H,2-4,9-11H2,1H3. The fourth-order valence-electron chi connectivity index (χ4n) is 1.83. The molecule has 0 bridgehead atoms. The highest BCUT2D eigenvalue weighted by atomic mass is 16.5. The summed E-state index contributed by atoms with van der Waals surface area (Å²) in [7, 11) is 0. The normalized spacial score (nSPS) is 14.9. The Kier molecular flexibility index (Phi) is 4.32. The van der Waals surface area contributed by atoms with Crippen molar-refractivity contribution in [2.75, 3.05) is 13.2 Å². The minimum atomic E-state index is 0.0865. The fourth-order valence-corrected chi connectivity index (χ4v) is 1.83. The number of carbonyl (C=O) groups is 1. The molecule has 0 unspecified atom stereocenters. The lowest BCUT2D eigenvalue weighted by Gasteiger charge is -2.04. The van der Waals surface area contributed by atoms with E-state index in [0.717, 1.165) is 30.9 Å². The fraction of sp³-hybridized carbons (Fsp3) is 0.533. The zero-order valence-corrected chi connectivity index (χ0v) is 10.4. The molecule has 2 rings (SSSR count). The Bertz CT molecular complexity index is 363. The molecule has 0 spiro atoms. The van der Waals surface area contributed by atoms with Gasteiger partial charge in [-0.15, -0.1) is 0 Å². The molecule has 1 fully saturated rings. The van der Waals surface area contributed by atoms with Gasteiger partial charge in [0.1, 0.15) is 6.61 Å². The van der Waals surface area contributed by atoms with Crippen LogP contribution in [-0.4, -0.2) is 19.0 Å². The van der Waals surface area contributed by atoms with Crippen molar-refractivity contribution in [1.82, 2.24) is 0 Å². The van der Waals surface area contributed by atoms with Crippen LogP contribution in [0, 0.1) is 5.92 Å². The van der Waals surface area contributed by atoms with Gasteiger partial charge in [-0.3, -0.25) is 4.79 Å². The second-order valence-electron chi connectivity index (χ2n) is 4.76. The van der Waals surface area contributed by atoms with Gasteiger partial charge in [0.15, 0.2) is 5.78 Å². The second-order valence-corrected chi connectivity index (χ2v) is 4.76. The molecular weight excluding hydrogens is 212 g/mol. The largest absolute Gasteiger partial charge is 0.373 e. The first-order valence-electron chi connectivity index (χ1n) is 6.49. The summed E-state index contributed by atoms with van der Waals surface area (Å²) in [5.41, 5.74) is 2.02. The quantitative estimate of drug-likeness (QED) is 0.533. The Labute approximate surface area is 103 Å². The topological polar surface area (TPSA) is 26.3 Å². The Morgan fingerprint density at radius 1 is 1.29 bits per heavy atom. The van der Waals surface area contributed by atoms with E-state index in [2.05, 4.69) is 6.92 Å². The lowest BCUT2D eigenvalue weighted by atomic mass is 10.1. The van der Waals surface area contributed by atoms with Gasteiger partial charge in [-0.25, -0.2) is 0 Å². The van der Waals surface area contributed by atoms with E-state index in [0.29, 0.717) is 0 Å². The first kappa shape index (κ1) is 12.3. The van der Waals surface area contributed by atoms with E-state index in [1.165, 1.54) is 18.4 Å². The molecule has 0 amide bonds. The number of Topliss-reactive ketones (excluding diaryl/α,β-unsaturated/α-hetero) is 1. The summed E-state index contributed by atoms with van der Waals surface area (Å²) >= 11 is 0. The molecule has 1 aliphatic rings. The average molecular weight is 232 g/mol. The smallest absolute Gasteiger partial charge is 0.188 e. The minimum Gasteiger partial charge on any atom is -0.373 e. The monoisotopic (exact) mass is 232 g/mol. The summed E-state index contributed by atoms with van der Waals surface area (Å²) in [5, 5.41) is 0. The molecule has 0 aromatic heterocycles. The summed E-state index contributed by atoms with van der Waals surface area (Å²) in [6.07, 6.45) is 4.81. The van der Waals surface area contributed by atoms with Crippen molar-refractivity contribution in [2.45, 2.75) is 32.6 Å². The second kappa shape index (κ2) is 5.97. The summed E-state index contributed by atoms with van der Waals surface area (Å²) < 4.78 is 5.41. The van der Waals surface area contributed by atoms with Crippen LogP contribution < -0.4 is 0 Å². The Hall–Kier alpha value is -1.15. The molecule has 1 aromatic carbocycles. The van der Waals surface area contributed by atoms with Gasteiger partial charge in [-0.1, -0.05) is 44.0 Å². The molecule has 1 aliphatic carbocycles. The molecule has 0 saturated heterocycles. The number of ketones is 1. The van der Waals surface area contributed by atoms with Crippen LogP contribution in [0.15, 0.2) is 24.3 Å². The molecule has 1 aromatic rings. The molecule has 0 heterocycles. The van der Waals surface area contributed by atoms with Gasteiger partial charge >= 0.3 is 0 Å². The van der Waals surface area contributed by atoms with Crippen LogP contribution in [0.1, 0.15) is 42.1 Å². The van der Waals surface area contributed by atoms with Crippen molar-refractivity contribution >= 4 is 5.78 Å². The SMILES string of the molecule is CCc1ccc(C(=O)COCCC2CC2)cc1. The number of hydrogen-bond acceptors (Lipinski definition) is 2. The number of aryl methyl sites for hydroxylation is 1. The lowest BCUT2D eigenvalue weighted by Crippen LogP contribution is -2.10.